The van der Waals surface area contributed by atoms with Crippen molar-refractivity contribution in [3.8, 4) is 11.5 Å². The number of nitrogens with two attached hydrogens (primary N) is 1. The summed E-state index contributed by atoms with van der Waals surface area (Å²) in [5, 5.41) is 27.5. The molecule has 1 saturated carbocycles. The van der Waals surface area contributed by atoms with Gasteiger partial charge in [-0.3, -0.25) is 16.1 Å². The zero-order chi connectivity index (χ0) is 20.5. The molecule has 0 amide bonds. The number of para-hydroxylation sites is 2. The molecular formula is C22H26CoN2O4. The number of carboxylic acid groups (broad SMARTS) is 1. The number of carbonyl (C=O) groups is 1. The number of carboxylic acids is 1. The summed E-state index contributed by atoms with van der Waals surface area (Å²) in [6, 6.07) is 14.5. The quantitative estimate of drug-likeness (QED) is 0.367. The average molecular weight is 441 g/mol. The Morgan fingerprint density at radius 2 is 1.52 bits per heavy atom. The molecule has 2 aromatic carbocycles. The molecule has 0 aromatic heterocycles. The van der Waals surface area contributed by atoms with Crippen molar-refractivity contribution in [1.29, 1.82) is 0 Å². The Balaban J connectivity index is 0.000000771. The molecule has 6 nitrogen and oxygen atoms in total. The number of rotatable bonds is 3. The van der Waals surface area contributed by atoms with Gasteiger partial charge < -0.3 is 15.3 Å². The minimum Gasteiger partial charge on any atom is -0.507 e. The SMILES string of the molecule is CC(=O)O.NNC1CCCC(=Cc2ccccc2O)C1=Cc1ccccc1O.[Co]. The van der Waals surface area contributed by atoms with Crippen LogP contribution in [0, 0.1) is 0 Å². The summed E-state index contributed by atoms with van der Waals surface area (Å²) < 4.78 is 0. The maximum Gasteiger partial charge on any atom is 0.300 e. The van der Waals surface area contributed by atoms with Gasteiger partial charge in [0.2, 0.25) is 0 Å². The molecule has 1 aliphatic rings. The molecule has 1 aliphatic carbocycles. The fraction of sp³-hybridized carbons (Fsp3) is 0.227. The van der Waals surface area contributed by atoms with Gasteiger partial charge in [0, 0.05) is 40.9 Å². The summed E-state index contributed by atoms with van der Waals surface area (Å²) >= 11 is 0. The van der Waals surface area contributed by atoms with Gasteiger partial charge in [0.25, 0.3) is 5.97 Å². The van der Waals surface area contributed by atoms with Crippen molar-refractivity contribution in [2.75, 3.05) is 0 Å². The van der Waals surface area contributed by atoms with E-state index in [1.165, 1.54) is 0 Å². The summed E-state index contributed by atoms with van der Waals surface area (Å²) in [6.07, 6.45) is 6.85. The number of hydrogen-bond donors (Lipinski definition) is 5. The second-order valence-electron chi connectivity index (χ2n) is 6.52. The van der Waals surface area contributed by atoms with Crippen molar-refractivity contribution in [2.24, 2.45) is 5.84 Å². The number of phenols is 2. The van der Waals surface area contributed by atoms with E-state index in [1.54, 1.807) is 24.3 Å². The first-order valence-corrected chi connectivity index (χ1v) is 9.06. The van der Waals surface area contributed by atoms with E-state index in [1.807, 2.05) is 36.4 Å². The van der Waals surface area contributed by atoms with E-state index in [0.717, 1.165) is 48.5 Å². The molecule has 0 aliphatic heterocycles. The first kappa shape index (κ1) is 24.5. The van der Waals surface area contributed by atoms with Gasteiger partial charge in [-0.1, -0.05) is 36.4 Å². The molecule has 3 rings (SSSR count). The Kier molecular flexibility index (Phi) is 10.2. The van der Waals surface area contributed by atoms with Crippen LogP contribution in [-0.2, 0) is 21.6 Å². The third-order valence-electron chi connectivity index (χ3n) is 4.40. The molecule has 157 valence electrons. The monoisotopic (exact) mass is 441 g/mol. The first-order chi connectivity index (χ1) is 13.4. The third-order valence-corrected chi connectivity index (χ3v) is 4.40. The molecule has 0 heterocycles. The molecule has 1 atom stereocenters. The summed E-state index contributed by atoms with van der Waals surface area (Å²) in [7, 11) is 0. The number of nitrogens with one attached hydrogen (secondary N) is 1. The molecule has 7 heteroatoms. The van der Waals surface area contributed by atoms with Crippen LogP contribution in [0.1, 0.15) is 37.3 Å². The van der Waals surface area contributed by atoms with Gasteiger partial charge >= 0.3 is 0 Å². The smallest absolute Gasteiger partial charge is 0.300 e. The maximum atomic E-state index is 10.1. The van der Waals surface area contributed by atoms with Crippen LogP contribution in [0.2, 0.25) is 0 Å². The minimum atomic E-state index is -0.833. The second-order valence-corrected chi connectivity index (χ2v) is 6.52. The Morgan fingerprint density at radius 3 is 2.00 bits per heavy atom. The van der Waals surface area contributed by atoms with E-state index >= 15 is 0 Å². The Bertz CT molecular complexity index is 877. The summed E-state index contributed by atoms with van der Waals surface area (Å²) in [5.74, 6) is 5.41. The van der Waals surface area contributed by atoms with Crippen LogP contribution in [0.3, 0.4) is 0 Å². The minimum absolute atomic E-state index is 0. The summed E-state index contributed by atoms with van der Waals surface area (Å²) in [6.45, 7) is 1.08. The molecule has 1 unspecified atom stereocenters. The Labute approximate surface area is 180 Å². The maximum absolute atomic E-state index is 10.1. The molecule has 0 saturated heterocycles. The normalized spacial score (nSPS) is 18.5. The topological polar surface area (TPSA) is 116 Å². The zero-order valence-electron chi connectivity index (χ0n) is 16.1. The van der Waals surface area contributed by atoms with E-state index in [-0.39, 0.29) is 34.3 Å². The molecular weight excluding hydrogens is 415 g/mol. The molecule has 1 radical (unpaired) electrons. The largest absolute Gasteiger partial charge is 0.507 e. The van der Waals surface area contributed by atoms with Crippen molar-refractivity contribution in [1.82, 2.24) is 5.43 Å². The molecule has 0 bridgehead atoms. The van der Waals surface area contributed by atoms with Gasteiger partial charge in [0.05, 0.1) is 0 Å². The molecule has 0 spiro atoms. The standard InChI is InChI=1S/C20H22N2O2.C2H4O2.Co/c21-22-18-9-5-8-14(12-15-6-1-3-10-19(15)23)17(18)13-16-7-2-4-11-20(16)24;1-2(3)4;/h1-4,6-7,10-13,18,22-24H,5,8-9,21H2;1H3,(H,3,4);. The van der Waals surface area contributed by atoms with E-state index in [4.69, 9.17) is 15.7 Å². The predicted octanol–water partition coefficient (Wildman–Crippen LogP) is 3.67. The third kappa shape index (κ3) is 7.39. The number of hydrazine groups is 1. The van der Waals surface area contributed by atoms with Crippen LogP contribution < -0.4 is 11.3 Å². The number of phenolic OH excluding ortho intramolecular Hbond substituents is 2. The van der Waals surface area contributed by atoms with Gasteiger partial charge in [-0.15, -0.1) is 0 Å². The Morgan fingerprint density at radius 1 is 1.03 bits per heavy atom. The number of benzene rings is 2. The zero-order valence-corrected chi connectivity index (χ0v) is 17.2. The van der Waals surface area contributed by atoms with Gasteiger partial charge in [-0.25, -0.2) is 0 Å². The van der Waals surface area contributed by atoms with E-state index < -0.39 is 5.97 Å². The van der Waals surface area contributed by atoms with E-state index in [2.05, 4.69) is 5.43 Å². The molecule has 29 heavy (non-hydrogen) atoms. The number of aliphatic carboxylic acids is 1. The van der Waals surface area contributed by atoms with Crippen molar-refractivity contribution in [2.45, 2.75) is 32.2 Å². The summed E-state index contributed by atoms with van der Waals surface area (Å²) in [5.41, 5.74) is 6.59. The molecule has 1 fully saturated rings. The van der Waals surface area contributed by atoms with Crippen molar-refractivity contribution in [3.63, 3.8) is 0 Å². The summed E-state index contributed by atoms with van der Waals surface area (Å²) in [4.78, 5) is 9.00. The number of aromatic hydroxyl groups is 2. The second kappa shape index (κ2) is 12.1. The van der Waals surface area contributed by atoms with Gasteiger partial charge in [0.15, 0.2) is 0 Å². The van der Waals surface area contributed by atoms with E-state index in [9.17, 15) is 10.2 Å². The van der Waals surface area contributed by atoms with Gasteiger partial charge in [-0.05, 0) is 54.7 Å². The fourth-order valence-corrected chi connectivity index (χ4v) is 3.12. The van der Waals surface area contributed by atoms with Crippen LogP contribution in [0.4, 0.5) is 0 Å². The van der Waals surface area contributed by atoms with Crippen LogP contribution in [0.5, 0.6) is 11.5 Å². The molecule has 6 N–H and O–H groups in total. The van der Waals surface area contributed by atoms with Crippen LogP contribution in [-0.4, -0.2) is 27.3 Å². The first-order valence-electron chi connectivity index (χ1n) is 9.06. The van der Waals surface area contributed by atoms with Crippen LogP contribution in [0.15, 0.2) is 59.7 Å². The van der Waals surface area contributed by atoms with Crippen molar-refractivity contribution < 1.29 is 36.9 Å². The number of hydrogen-bond acceptors (Lipinski definition) is 5. The van der Waals surface area contributed by atoms with Crippen molar-refractivity contribution in [3.05, 3.63) is 70.8 Å². The van der Waals surface area contributed by atoms with Gasteiger partial charge in [-0.2, -0.15) is 0 Å². The predicted molar refractivity (Wildman–Crippen MR) is 110 cm³/mol. The fourth-order valence-electron chi connectivity index (χ4n) is 3.12. The van der Waals surface area contributed by atoms with Gasteiger partial charge in [0.1, 0.15) is 11.5 Å². The average Bonchev–Trinajstić information content (AvgIpc) is 2.66. The van der Waals surface area contributed by atoms with Crippen molar-refractivity contribution >= 4 is 18.1 Å². The van der Waals surface area contributed by atoms with Crippen LogP contribution in [0.25, 0.3) is 12.2 Å². The Hall–Kier alpha value is -2.58. The van der Waals surface area contributed by atoms with E-state index in [0.29, 0.717) is 0 Å². The molecule has 2 aromatic rings. The van der Waals surface area contributed by atoms with Crippen LogP contribution >= 0.6 is 0 Å².